The molecule has 1 aromatic rings. The van der Waals surface area contributed by atoms with Crippen molar-refractivity contribution in [2.45, 2.75) is 19.3 Å². The number of ether oxygens (including phenoxy) is 1. The minimum atomic E-state index is -0.106. The molecule has 96 valence electrons. The first-order chi connectivity index (χ1) is 8.01. The molecule has 17 heavy (non-hydrogen) atoms. The lowest BCUT2D eigenvalue weighted by molar-refractivity contribution is 0.286. The molecular formula is C13H20ClNO2. The first-order valence-corrected chi connectivity index (χ1v) is 6.04. The second-order valence-electron chi connectivity index (χ2n) is 4.63. The molecule has 0 unspecified atom stereocenters. The number of aliphatic hydroxyl groups excluding tert-OH is 1. The van der Waals surface area contributed by atoms with Crippen LogP contribution in [-0.2, 0) is 5.41 Å². The Morgan fingerprint density at radius 3 is 2.71 bits per heavy atom. The molecule has 1 aromatic carbocycles. The number of hydrogen-bond acceptors (Lipinski definition) is 3. The molecule has 0 radical (unpaired) electrons. The van der Waals surface area contributed by atoms with Crippen LogP contribution in [0.4, 0.5) is 0 Å². The van der Waals surface area contributed by atoms with Crippen LogP contribution in [0.25, 0.3) is 0 Å². The zero-order valence-electron chi connectivity index (χ0n) is 10.6. The van der Waals surface area contributed by atoms with Crippen molar-refractivity contribution in [3.8, 4) is 5.75 Å². The highest BCUT2D eigenvalue weighted by Crippen LogP contribution is 2.33. The van der Waals surface area contributed by atoms with Gasteiger partial charge in [-0.15, -0.1) is 0 Å². The first kappa shape index (κ1) is 14.3. The van der Waals surface area contributed by atoms with Gasteiger partial charge in [0.15, 0.2) is 0 Å². The molecule has 0 bridgehead atoms. The van der Waals surface area contributed by atoms with Crippen LogP contribution < -0.4 is 10.1 Å². The van der Waals surface area contributed by atoms with Crippen LogP contribution >= 0.6 is 11.6 Å². The molecule has 0 aliphatic heterocycles. The fraction of sp³-hybridized carbons (Fsp3) is 0.538. The van der Waals surface area contributed by atoms with Crippen molar-refractivity contribution in [2.24, 2.45) is 0 Å². The summed E-state index contributed by atoms with van der Waals surface area (Å²) in [6.45, 7) is 5.72. The van der Waals surface area contributed by atoms with Gasteiger partial charge in [-0.2, -0.15) is 0 Å². The van der Waals surface area contributed by atoms with Gasteiger partial charge in [0.1, 0.15) is 5.75 Å². The number of rotatable bonds is 6. The number of methoxy groups -OCH3 is 1. The van der Waals surface area contributed by atoms with E-state index in [0.717, 1.165) is 17.9 Å². The summed E-state index contributed by atoms with van der Waals surface area (Å²) in [5, 5.41) is 12.7. The molecule has 0 heterocycles. The predicted molar refractivity (Wildman–Crippen MR) is 71.0 cm³/mol. The van der Waals surface area contributed by atoms with Crippen molar-refractivity contribution in [2.75, 3.05) is 26.8 Å². The lowest BCUT2D eigenvalue weighted by atomic mass is 9.84. The molecule has 0 aliphatic rings. The second-order valence-corrected chi connectivity index (χ2v) is 5.07. The predicted octanol–water partition coefficient (Wildman–Crippen LogP) is 2.21. The summed E-state index contributed by atoms with van der Waals surface area (Å²) in [6.07, 6.45) is 0. The van der Waals surface area contributed by atoms with Crippen LogP contribution in [0.1, 0.15) is 19.4 Å². The monoisotopic (exact) mass is 257 g/mol. The van der Waals surface area contributed by atoms with Gasteiger partial charge in [-0.05, 0) is 18.2 Å². The van der Waals surface area contributed by atoms with Crippen molar-refractivity contribution in [3.05, 3.63) is 28.8 Å². The van der Waals surface area contributed by atoms with Gasteiger partial charge in [0.2, 0.25) is 0 Å². The van der Waals surface area contributed by atoms with Gasteiger partial charge >= 0.3 is 0 Å². The molecule has 2 N–H and O–H groups in total. The van der Waals surface area contributed by atoms with Crippen molar-refractivity contribution >= 4 is 11.6 Å². The Kier molecular flexibility index (Phi) is 5.25. The summed E-state index contributed by atoms with van der Waals surface area (Å²) < 4.78 is 5.36. The average molecular weight is 258 g/mol. The van der Waals surface area contributed by atoms with Gasteiger partial charge < -0.3 is 15.2 Å². The number of halogens is 1. The molecule has 0 atom stereocenters. The van der Waals surface area contributed by atoms with Gasteiger partial charge in [0, 0.05) is 29.1 Å². The third-order valence-corrected chi connectivity index (χ3v) is 2.98. The highest BCUT2D eigenvalue weighted by Gasteiger charge is 2.24. The van der Waals surface area contributed by atoms with E-state index in [1.165, 1.54) is 0 Å². The van der Waals surface area contributed by atoms with Gasteiger partial charge in [0.25, 0.3) is 0 Å². The normalized spacial score (nSPS) is 11.6. The summed E-state index contributed by atoms with van der Waals surface area (Å²) in [4.78, 5) is 0. The van der Waals surface area contributed by atoms with Gasteiger partial charge in [-0.1, -0.05) is 25.4 Å². The van der Waals surface area contributed by atoms with Gasteiger partial charge in [0.05, 0.1) is 13.7 Å². The highest BCUT2D eigenvalue weighted by atomic mass is 35.5. The number of nitrogens with one attached hydrogen (secondary N) is 1. The van der Waals surface area contributed by atoms with E-state index in [1.54, 1.807) is 7.11 Å². The van der Waals surface area contributed by atoms with E-state index in [-0.39, 0.29) is 12.0 Å². The molecule has 0 aliphatic carbocycles. The first-order valence-electron chi connectivity index (χ1n) is 5.67. The third kappa shape index (κ3) is 3.87. The fourth-order valence-corrected chi connectivity index (χ4v) is 1.96. The zero-order valence-corrected chi connectivity index (χ0v) is 11.3. The van der Waals surface area contributed by atoms with E-state index < -0.39 is 0 Å². The molecule has 4 heteroatoms. The molecule has 0 saturated heterocycles. The van der Waals surface area contributed by atoms with Crippen LogP contribution in [0.3, 0.4) is 0 Å². The third-order valence-electron chi connectivity index (χ3n) is 2.75. The van der Waals surface area contributed by atoms with Crippen molar-refractivity contribution in [1.82, 2.24) is 5.32 Å². The van der Waals surface area contributed by atoms with Crippen LogP contribution in [0, 0.1) is 0 Å². The maximum Gasteiger partial charge on any atom is 0.122 e. The molecule has 0 amide bonds. The van der Waals surface area contributed by atoms with Crippen molar-refractivity contribution < 1.29 is 9.84 Å². The summed E-state index contributed by atoms with van der Waals surface area (Å²) in [7, 11) is 1.66. The topological polar surface area (TPSA) is 41.5 Å². The molecule has 1 rings (SSSR count). The summed E-state index contributed by atoms with van der Waals surface area (Å²) in [6, 6.07) is 5.63. The van der Waals surface area contributed by atoms with Crippen LogP contribution in [0.2, 0.25) is 5.02 Å². The van der Waals surface area contributed by atoms with E-state index in [9.17, 15) is 0 Å². The van der Waals surface area contributed by atoms with E-state index in [0.29, 0.717) is 11.6 Å². The summed E-state index contributed by atoms with van der Waals surface area (Å²) in [5.41, 5.74) is 0.962. The molecule has 0 aromatic heterocycles. The minimum absolute atomic E-state index is 0.106. The van der Waals surface area contributed by atoms with E-state index in [4.69, 9.17) is 21.4 Å². The number of benzene rings is 1. The minimum Gasteiger partial charge on any atom is -0.496 e. The maximum atomic E-state index is 8.77. The summed E-state index contributed by atoms with van der Waals surface area (Å²) in [5.74, 6) is 0.838. The van der Waals surface area contributed by atoms with Crippen LogP contribution in [0.15, 0.2) is 18.2 Å². The Morgan fingerprint density at radius 2 is 2.12 bits per heavy atom. The molecule has 0 saturated carbocycles. The van der Waals surface area contributed by atoms with Crippen molar-refractivity contribution in [1.29, 1.82) is 0 Å². The van der Waals surface area contributed by atoms with Gasteiger partial charge in [-0.3, -0.25) is 0 Å². The zero-order chi connectivity index (χ0) is 12.9. The molecule has 0 spiro atoms. The maximum absolute atomic E-state index is 8.77. The SMILES string of the molecule is COc1ccc(Cl)cc1C(C)(C)CNCCO. The van der Waals surface area contributed by atoms with Gasteiger partial charge in [-0.25, -0.2) is 0 Å². The van der Waals surface area contributed by atoms with Crippen LogP contribution in [0.5, 0.6) is 5.75 Å². The Labute approximate surface area is 108 Å². The standard InChI is InChI=1S/C13H20ClNO2/c1-13(2,9-15-6-7-16)11-8-10(14)4-5-12(11)17-3/h4-5,8,15-16H,6-7,9H2,1-3H3. The lowest BCUT2D eigenvalue weighted by Crippen LogP contribution is -2.34. The molecular weight excluding hydrogens is 238 g/mol. The smallest absolute Gasteiger partial charge is 0.122 e. The van der Waals surface area contributed by atoms with E-state index >= 15 is 0 Å². The van der Waals surface area contributed by atoms with E-state index in [1.807, 2.05) is 18.2 Å². The Bertz CT molecular complexity index is 366. The van der Waals surface area contributed by atoms with Crippen LogP contribution in [-0.4, -0.2) is 31.9 Å². The average Bonchev–Trinajstić information content (AvgIpc) is 2.29. The molecule has 3 nitrogen and oxygen atoms in total. The number of hydrogen-bond donors (Lipinski definition) is 2. The largest absolute Gasteiger partial charge is 0.496 e. The Morgan fingerprint density at radius 1 is 1.41 bits per heavy atom. The van der Waals surface area contributed by atoms with E-state index in [2.05, 4.69) is 19.2 Å². The second kappa shape index (κ2) is 6.24. The quantitative estimate of drug-likeness (QED) is 0.768. The summed E-state index contributed by atoms with van der Waals surface area (Å²) >= 11 is 6.03. The Balaban J connectivity index is 2.91. The Hall–Kier alpha value is -0.770. The lowest BCUT2D eigenvalue weighted by Gasteiger charge is -2.27. The highest BCUT2D eigenvalue weighted by molar-refractivity contribution is 6.30. The number of aliphatic hydroxyl groups is 1. The fourth-order valence-electron chi connectivity index (χ4n) is 1.78. The van der Waals surface area contributed by atoms with Crippen molar-refractivity contribution in [3.63, 3.8) is 0 Å². The molecule has 0 fully saturated rings.